The number of likely N-dealkylation sites (tertiary alicyclic amines) is 1. The summed E-state index contributed by atoms with van der Waals surface area (Å²) in [5, 5.41) is 4.14. The molecule has 2 aliphatic rings. The van der Waals surface area contributed by atoms with Gasteiger partial charge in [0.2, 0.25) is 0 Å². The third-order valence-corrected chi connectivity index (χ3v) is 6.56. The predicted molar refractivity (Wildman–Crippen MR) is 77.8 cm³/mol. The van der Waals surface area contributed by atoms with Crippen molar-refractivity contribution in [1.82, 2.24) is 19.0 Å². The number of halogens is 1. The summed E-state index contributed by atoms with van der Waals surface area (Å²) in [6, 6.07) is -0.173. The van der Waals surface area contributed by atoms with Gasteiger partial charge in [-0.05, 0) is 13.5 Å². The monoisotopic (exact) mass is 334 g/mol. The van der Waals surface area contributed by atoms with Gasteiger partial charge in [-0.3, -0.25) is 4.68 Å². The molecule has 0 amide bonds. The Morgan fingerprint density at radius 3 is 2.81 bits per heavy atom. The highest BCUT2D eigenvalue weighted by atomic mass is 35.5. The maximum Gasteiger partial charge on any atom is 0.262 e. The number of nitrogens with zero attached hydrogens (tertiary/aromatic N) is 4. The van der Waals surface area contributed by atoms with Gasteiger partial charge in [0.1, 0.15) is 0 Å². The molecule has 3 heterocycles. The Bertz CT molecular complexity index is 613. The number of morpholine rings is 1. The number of rotatable bonds is 2. The smallest absolute Gasteiger partial charge is 0.262 e. The lowest BCUT2D eigenvalue weighted by molar-refractivity contribution is -0.0720. The van der Waals surface area contributed by atoms with E-state index in [0.717, 1.165) is 13.0 Å². The van der Waals surface area contributed by atoms with Crippen LogP contribution in [0.1, 0.15) is 6.42 Å². The van der Waals surface area contributed by atoms with Gasteiger partial charge >= 0.3 is 0 Å². The number of hydrogen-bond acceptors (Lipinski definition) is 5. The minimum absolute atomic E-state index is 0.0447. The van der Waals surface area contributed by atoms with E-state index < -0.39 is 10.0 Å². The molecule has 0 bridgehead atoms. The van der Waals surface area contributed by atoms with Crippen LogP contribution in [0.5, 0.6) is 0 Å². The van der Waals surface area contributed by atoms with Crippen molar-refractivity contribution >= 4 is 21.6 Å². The summed E-state index contributed by atoms with van der Waals surface area (Å²) in [7, 11) is -0.0990. The van der Waals surface area contributed by atoms with Gasteiger partial charge in [0, 0.05) is 26.7 Å². The lowest BCUT2D eigenvalue weighted by Crippen LogP contribution is -2.60. The largest absolute Gasteiger partial charge is 0.375 e. The Balaban J connectivity index is 1.97. The highest BCUT2D eigenvalue weighted by Crippen LogP contribution is 2.30. The third-order valence-electron chi connectivity index (χ3n) is 4.13. The lowest BCUT2D eigenvalue weighted by Gasteiger charge is -2.45. The second-order valence-corrected chi connectivity index (χ2v) is 7.78. The first kappa shape index (κ1) is 15.2. The van der Waals surface area contributed by atoms with Gasteiger partial charge in [-0.2, -0.15) is 9.40 Å². The summed E-state index contributed by atoms with van der Waals surface area (Å²) in [5.41, 5.74) is 0. The molecule has 0 N–H and O–H groups in total. The zero-order valence-electron chi connectivity index (χ0n) is 12.1. The van der Waals surface area contributed by atoms with Crippen molar-refractivity contribution in [3.8, 4) is 0 Å². The molecule has 7 nitrogen and oxygen atoms in total. The minimum Gasteiger partial charge on any atom is -0.375 e. The summed E-state index contributed by atoms with van der Waals surface area (Å²) < 4.78 is 34.5. The quantitative estimate of drug-likeness (QED) is 0.771. The van der Waals surface area contributed by atoms with Crippen LogP contribution in [-0.2, 0) is 21.8 Å². The molecule has 2 fully saturated rings. The van der Waals surface area contributed by atoms with Crippen LogP contribution in [0.2, 0.25) is 5.02 Å². The van der Waals surface area contributed by atoms with E-state index in [1.54, 1.807) is 7.05 Å². The zero-order chi connectivity index (χ0) is 15.2. The average Bonchev–Trinajstić information content (AvgIpc) is 2.77. The van der Waals surface area contributed by atoms with E-state index in [9.17, 15) is 8.42 Å². The fourth-order valence-corrected chi connectivity index (χ4v) is 5.33. The molecule has 0 spiro atoms. The van der Waals surface area contributed by atoms with Crippen LogP contribution in [0.15, 0.2) is 11.2 Å². The van der Waals surface area contributed by atoms with Crippen molar-refractivity contribution in [3.05, 3.63) is 11.2 Å². The topological polar surface area (TPSA) is 67.7 Å². The molecule has 2 atom stereocenters. The molecule has 9 heteroatoms. The van der Waals surface area contributed by atoms with E-state index >= 15 is 0 Å². The van der Waals surface area contributed by atoms with Crippen LogP contribution in [0.3, 0.4) is 0 Å². The van der Waals surface area contributed by atoms with Crippen molar-refractivity contribution in [2.75, 3.05) is 33.3 Å². The Hall–Kier alpha value is -0.670. The van der Waals surface area contributed by atoms with Crippen LogP contribution in [0, 0.1) is 0 Å². The van der Waals surface area contributed by atoms with E-state index in [2.05, 4.69) is 10.00 Å². The zero-order valence-corrected chi connectivity index (χ0v) is 13.6. The van der Waals surface area contributed by atoms with Crippen LogP contribution in [0.25, 0.3) is 0 Å². The molecule has 3 rings (SSSR count). The van der Waals surface area contributed by atoms with Crippen LogP contribution >= 0.6 is 11.6 Å². The summed E-state index contributed by atoms with van der Waals surface area (Å²) in [4.78, 5) is 2.13. The Morgan fingerprint density at radius 2 is 2.14 bits per heavy atom. The van der Waals surface area contributed by atoms with Crippen molar-refractivity contribution in [1.29, 1.82) is 0 Å². The molecule has 0 saturated carbocycles. The molecule has 2 saturated heterocycles. The number of aromatic nitrogens is 2. The van der Waals surface area contributed by atoms with Gasteiger partial charge in [0.05, 0.1) is 30.0 Å². The molecule has 1 aromatic heterocycles. The molecule has 1 aromatic rings. The average molecular weight is 335 g/mol. The predicted octanol–water partition coefficient (Wildman–Crippen LogP) is 0.167. The fourth-order valence-electron chi connectivity index (χ4n) is 3.10. The van der Waals surface area contributed by atoms with E-state index in [0.29, 0.717) is 19.7 Å². The number of fused-ring (bicyclic) bond motifs is 1. The molecular weight excluding hydrogens is 316 g/mol. The maximum absolute atomic E-state index is 13.0. The third kappa shape index (κ3) is 2.59. The standard InChI is InChI=1S/C12H19ClN4O3S/c1-15-4-3-11-10(8-15)17(5-6-20-11)21(18,19)12-9(13)7-14-16(12)2/h7,10-11H,3-6,8H2,1-2H3/t10-,11+/m1/s1. The summed E-state index contributed by atoms with van der Waals surface area (Å²) in [6.07, 6.45) is 2.16. The highest BCUT2D eigenvalue weighted by molar-refractivity contribution is 7.89. The SMILES string of the molecule is CN1CC[C@@H]2OCCN(S(=O)(=O)c3c(Cl)cnn3C)[C@@H]2C1. The first-order valence-corrected chi connectivity index (χ1v) is 8.72. The molecule has 0 aliphatic carbocycles. The molecular formula is C12H19ClN4O3S. The Morgan fingerprint density at radius 1 is 1.38 bits per heavy atom. The number of hydrogen-bond donors (Lipinski definition) is 0. The van der Waals surface area contributed by atoms with E-state index in [4.69, 9.17) is 16.3 Å². The number of sulfonamides is 1. The number of piperidine rings is 1. The minimum atomic E-state index is -3.68. The number of ether oxygens (including phenoxy) is 1. The van der Waals surface area contributed by atoms with Gasteiger partial charge in [-0.1, -0.05) is 11.6 Å². The van der Waals surface area contributed by atoms with E-state index in [1.165, 1.54) is 15.2 Å². The highest BCUT2D eigenvalue weighted by Gasteiger charge is 2.43. The van der Waals surface area contributed by atoms with Gasteiger partial charge in [-0.25, -0.2) is 8.42 Å². The first-order chi connectivity index (χ1) is 9.91. The van der Waals surface area contributed by atoms with Crippen LogP contribution in [-0.4, -0.2) is 72.8 Å². The number of likely N-dealkylation sites (N-methyl/N-ethyl adjacent to an activating group) is 1. The fraction of sp³-hybridized carbons (Fsp3) is 0.750. The Labute approximate surface area is 129 Å². The van der Waals surface area contributed by atoms with Crippen molar-refractivity contribution in [2.24, 2.45) is 7.05 Å². The second-order valence-electron chi connectivity index (χ2n) is 5.56. The van der Waals surface area contributed by atoms with Crippen molar-refractivity contribution in [2.45, 2.75) is 23.6 Å². The van der Waals surface area contributed by atoms with Crippen LogP contribution in [0.4, 0.5) is 0 Å². The molecule has 0 aromatic carbocycles. The normalized spacial score (nSPS) is 28.5. The van der Waals surface area contributed by atoms with Crippen molar-refractivity contribution in [3.63, 3.8) is 0 Å². The molecule has 0 radical (unpaired) electrons. The first-order valence-electron chi connectivity index (χ1n) is 6.91. The number of aryl methyl sites for hydroxylation is 1. The molecule has 2 aliphatic heterocycles. The van der Waals surface area contributed by atoms with Gasteiger partial charge in [0.15, 0.2) is 5.03 Å². The summed E-state index contributed by atoms with van der Waals surface area (Å²) in [5.74, 6) is 0. The van der Waals surface area contributed by atoms with Crippen LogP contribution < -0.4 is 0 Å². The van der Waals surface area contributed by atoms with Gasteiger partial charge in [-0.15, -0.1) is 0 Å². The van der Waals surface area contributed by atoms with E-state index in [-0.39, 0.29) is 22.2 Å². The van der Waals surface area contributed by atoms with E-state index in [1.807, 2.05) is 7.05 Å². The second kappa shape index (κ2) is 5.51. The summed E-state index contributed by atoms with van der Waals surface area (Å²) in [6.45, 7) is 2.35. The van der Waals surface area contributed by atoms with Crippen molar-refractivity contribution < 1.29 is 13.2 Å². The molecule has 0 unspecified atom stereocenters. The maximum atomic E-state index is 13.0. The summed E-state index contributed by atoms with van der Waals surface area (Å²) >= 11 is 6.02. The van der Waals surface area contributed by atoms with Gasteiger partial charge in [0.25, 0.3) is 10.0 Å². The molecule has 118 valence electrons. The lowest BCUT2D eigenvalue weighted by atomic mass is 10.0. The Kier molecular flexibility index (Phi) is 4.00. The molecule has 21 heavy (non-hydrogen) atoms. The van der Waals surface area contributed by atoms with Gasteiger partial charge < -0.3 is 9.64 Å².